The molecule has 3 rings (SSSR count). The molecule has 0 N–H and O–H groups in total. The Balaban J connectivity index is 1.32. The number of hydrogen-bond acceptors (Lipinski definition) is 4. The van der Waals surface area contributed by atoms with E-state index in [0.29, 0.717) is 52.2 Å². The van der Waals surface area contributed by atoms with Crippen molar-refractivity contribution < 1.29 is 19.1 Å². The van der Waals surface area contributed by atoms with E-state index in [1.54, 1.807) is 9.80 Å². The van der Waals surface area contributed by atoms with Crippen LogP contribution in [0.3, 0.4) is 0 Å². The van der Waals surface area contributed by atoms with Crippen molar-refractivity contribution in [2.45, 2.75) is 12.8 Å². The van der Waals surface area contributed by atoms with Crippen molar-refractivity contribution in [3.05, 3.63) is 60.7 Å². The molecule has 1 fully saturated rings. The summed E-state index contributed by atoms with van der Waals surface area (Å²) in [4.78, 5) is 28.2. The summed E-state index contributed by atoms with van der Waals surface area (Å²) in [7, 11) is 0. The molecule has 2 aromatic rings. The zero-order valence-electron chi connectivity index (χ0n) is 16.0. The number of piperazine rings is 1. The summed E-state index contributed by atoms with van der Waals surface area (Å²) in [5.41, 5.74) is 0. The number of benzene rings is 2. The third-order valence-corrected chi connectivity index (χ3v) is 4.64. The zero-order valence-corrected chi connectivity index (χ0v) is 16.0. The summed E-state index contributed by atoms with van der Waals surface area (Å²) in [6.07, 6.45) is 0.682. The largest absolute Gasteiger partial charge is 0.493 e. The van der Waals surface area contributed by atoms with Crippen molar-refractivity contribution in [1.82, 2.24) is 9.80 Å². The van der Waals surface area contributed by atoms with E-state index in [2.05, 4.69) is 0 Å². The van der Waals surface area contributed by atoms with E-state index < -0.39 is 0 Å². The first-order valence-corrected chi connectivity index (χ1v) is 9.63. The van der Waals surface area contributed by atoms with Gasteiger partial charge in [0.15, 0.2) is 0 Å². The van der Waals surface area contributed by atoms with Crippen molar-refractivity contribution in [3.8, 4) is 11.5 Å². The summed E-state index contributed by atoms with van der Waals surface area (Å²) in [5.74, 6) is 1.66. The molecule has 1 saturated heterocycles. The van der Waals surface area contributed by atoms with E-state index >= 15 is 0 Å². The molecule has 148 valence electrons. The first-order valence-electron chi connectivity index (χ1n) is 9.63. The van der Waals surface area contributed by atoms with Crippen LogP contribution < -0.4 is 9.47 Å². The second-order valence-electron chi connectivity index (χ2n) is 6.58. The van der Waals surface area contributed by atoms with Gasteiger partial charge in [0.1, 0.15) is 11.5 Å². The molecule has 2 aromatic carbocycles. The summed E-state index contributed by atoms with van der Waals surface area (Å²) in [6, 6.07) is 18.9. The number of nitrogens with zero attached hydrogens (tertiary/aromatic N) is 2. The molecule has 0 aromatic heterocycles. The molecule has 6 nitrogen and oxygen atoms in total. The molecule has 28 heavy (non-hydrogen) atoms. The third-order valence-electron chi connectivity index (χ3n) is 4.64. The van der Waals surface area contributed by atoms with Crippen LogP contribution in [0.1, 0.15) is 12.8 Å². The highest BCUT2D eigenvalue weighted by molar-refractivity contribution is 5.78. The molecule has 0 aliphatic carbocycles. The highest BCUT2D eigenvalue weighted by Crippen LogP contribution is 2.11. The molecule has 1 heterocycles. The topological polar surface area (TPSA) is 59.1 Å². The fourth-order valence-electron chi connectivity index (χ4n) is 3.07. The Kier molecular flexibility index (Phi) is 7.29. The molecule has 0 spiro atoms. The Morgan fingerprint density at radius 3 is 1.36 bits per heavy atom. The van der Waals surface area contributed by atoms with Crippen LogP contribution in [0.5, 0.6) is 11.5 Å². The van der Waals surface area contributed by atoms with Gasteiger partial charge in [-0.3, -0.25) is 9.59 Å². The summed E-state index contributed by atoms with van der Waals surface area (Å²) >= 11 is 0. The summed E-state index contributed by atoms with van der Waals surface area (Å²) in [6.45, 7) is 2.98. The molecule has 0 unspecified atom stereocenters. The number of rotatable bonds is 8. The molecule has 0 atom stereocenters. The van der Waals surface area contributed by atoms with Gasteiger partial charge in [0.2, 0.25) is 11.8 Å². The molecule has 1 aliphatic rings. The smallest absolute Gasteiger partial charge is 0.226 e. The Bertz CT molecular complexity index is 678. The average Bonchev–Trinajstić information content (AvgIpc) is 2.75. The minimum atomic E-state index is 0.0652. The van der Waals surface area contributed by atoms with Crippen LogP contribution in [-0.2, 0) is 9.59 Å². The van der Waals surface area contributed by atoms with Crippen molar-refractivity contribution in [2.75, 3.05) is 39.4 Å². The van der Waals surface area contributed by atoms with Gasteiger partial charge in [-0.15, -0.1) is 0 Å². The van der Waals surface area contributed by atoms with Gasteiger partial charge in [-0.25, -0.2) is 0 Å². The van der Waals surface area contributed by atoms with Crippen molar-refractivity contribution in [2.24, 2.45) is 0 Å². The third kappa shape index (κ3) is 6.01. The minimum absolute atomic E-state index is 0.0652. The maximum atomic E-state index is 12.3. The Hall–Kier alpha value is -3.02. The van der Waals surface area contributed by atoms with Crippen LogP contribution in [0.25, 0.3) is 0 Å². The molecule has 0 bridgehead atoms. The Morgan fingerprint density at radius 2 is 1.00 bits per heavy atom. The predicted octanol–water partition coefficient (Wildman–Crippen LogP) is 2.60. The van der Waals surface area contributed by atoms with E-state index in [1.807, 2.05) is 60.7 Å². The maximum Gasteiger partial charge on any atom is 0.226 e. The standard InChI is InChI=1S/C22H26N2O4/c25-21(11-17-27-19-7-3-1-4-8-19)23-13-15-24(16-14-23)22(26)12-18-28-20-9-5-2-6-10-20/h1-10H,11-18H2. The van der Waals surface area contributed by atoms with Gasteiger partial charge in [-0.05, 0) is 24.3 Å². The van der Waals surface area contributed by atoms with Crippen LogP contribution in [0, 0.1) is 0 Å². The quantitative estimate of drug-likeness (QED) is 0.704. The van der Waals surface area contributed by atoms with Gasteiger partial charge < -0.3 is 19.3 Å². The zero-order chi connectivity index (χ0) is 19.6. The number of para-hydroxylation sites is 2. The van der Waals surface area contributed by atoms with Crippen LogP contribution in [0.2, 0.25) is 0 Å². The lowest BCUT2D eigenvalue weighted by molar-refractivity contribution is -0.140. The van der Waals surface area contributed by atoms with Crippen molar-refractivity contribution in [1.29, 1.82) is 0 Å². The molecular formula is C22H26N2O4. The fraction of sp³-hybridized carbons (Fsp3) is 0.364. The number of ether oxygens (including phenoxy) is 2. The molecule has 6 heteroatoms. The van der Waals surface area contributed by atoms with E-state index in [-0.39, 0.29) is 11.8 Å². The van der Waals surface area contributed by atoms with E-state index in [0.717, 1.165) is 11.5 Å². The summed E-state index contributed by atoms with van der Waals surface area (Å²) < 4.78 is 11.2. The van der Waals surface area contributed by atoms with Gasteiger partial charge in [-0.1, -0.05) is 36.4 Å². The molecular weight excluding hydrogens is 356 g/mol. The highest BCUT2D eigenvalue weighted by Gasteiger charge is 2.23. The van der Waals surface area contributed by atoms with E-state index in [4.69, 9.17) is 9.47 Å². The lowest BCUT2D eigenvalue weighted by Gasteiger charge is -2.34. The predicted molar refractivity (Wildman–Crippen MR) is 106 cm³/mol. The van der Waals surface area contributed by atoms with Crippen molar-refractivity contribution >= 4 is 11.8 Å². The highest BCUT2D eigenvalue weighted by atomic mass is 16.5. The number of hydrogen-bond donors (Lipinski definition) is 0. The first kappa shape index (κ1) is 19.7. The molecule has 0 radical (unpaired) electrons. The fourth-order valence-corrected chi connectivity index (χ4v) is 3.07. The second-order valence-corrected chi connectivity index (χ2v) is 6.58. The SMILES string of the molecule is O=C(CCOc1ccccc1)N1CCN(C(=O)CCOc2ccccc2)CC1. The van der Waals surface area contributed by atoms with Gasteiger partial charge in [0.25, 0.3) is 0 Å². The van der Waals surface area contributed by atoms with Crippen LogP contribution in [0.15, 0.2) is 60.7 Å². The van der Waals surface area contributed by atoms with Gasteiger partial charge in [0, 0.05) is 26.2 Å². The Morgan fingerprint density at radius 1 is 0.643 bits per heavy atom. The number of amides is 2. The Labute approximate surface area is 165 Å². The van der Waals surface area contributed by atoms with Crippen LogP contribution in [0.4, 0.5) is 0 Å². The normalized spacial score (nSPS) is 13.9. The van der Waals surface area contributed by atoms with Gasteiger partial charge in [-0.2, -0.15) is 0 Å². The van der Waals surface area contributed by atoms with Crippen molar-refractivity contribution in [3.63, 3.8) is 0 Å². The van der Waals surface area contributed by atoms with Crippen LogP contribution >= 0.6 is 0 Å². The molecule has 0 saturated carbocycles. The first-order chi connectivity index (χ1) is 13.7. The monoisotopic (exact) mass is 382 g/mol. The molecule has 1 aliphatic heterocycles. The number of carbonyl (C=O) groups excluding carboxylic acids is 2. The maximum absolute atomic E-state index is 12.3. The summed E-state index contributed by atoms with van der Waals surface area (Å²) in [5, 5.41) is 0. The average molecular weight is 382 g/mol. The second kappa shape index (κ2) is 10.3. The van der Waals surface area contributed by atoms with E-state index in [1.165, 1.54) is 0 Å². The van der Waals surface area contributed by atoms with Gasteiger partial charge >= 0.3 is 0 Å². The lowest BCUT2D eigenvalue weighted by Crippen LogP contribution is -2.51. The minimum Gasteiger partial charge on any atom is -0.493 e. The van der Waals surface area contributed by atoms with Gasteiger partial charge in [0.05, 0.1) is 26.1 Å². The lowest BCUT2D eigenvalue weighted by atomic mass is 10.2. The van der Waals surface area contributed by atoms with E-state index in [9.17, 15) is 9.59 Å². The number of carbonyl (C=O) groups is 2. The molecule has 2 amide bonds. The van der Waals surface area contributed by atoms with Crippen LogP contribution in [-0.4, -0.2) is 61.0 Å².